The average Bonchev–Trinajstić information content (AvgIpc) is 2.90. The molecular formula is C14H9N5. The molecule has 0 unspecified atom stereocenters. The van der Waals surface area contributed by atoms with E-state index in [1.807, 2.05) is 40.9 Å². The van der Waals surface area contributed by atoms with Crippen molar-refractivity contribution in [2.45, 2.75) is 0 Å². The SMILES string of the molecule is c1ccc2c(-c3nnc4cnccn34)ccnc2c1. The lowest BCUT2D eigenvalue weighted by atomic mass is 10.1. The zero-order valence-corrected chi connectivity index (χ0v) is 9.93. The molecule has 4 rings (SSSR count). The van der Waals surface area contributed by atoms with Crippen LogP contribution in [0.3, 0.4) is 0 Å². The molecule has 0 aliphatic carbocycles. The molecule has 0 amide bonds. The van der Waals surface area contributed by atoms with Crippen LogP contribution in [0.15, 0.2) is 55.1 Å². The maximum absolute atomic E-state index is 4.36. The molecule has 0 spiro atoms. The first-order chi connectivity index (χ1) is 9.43. The third kappa shape index (κ3) is 1.48. The standard InChI is InChI=1S/C14H9N5/c1-2-4-12-10(3-1)11(5-6-16-12)14-18-17-13-9-15-7-8-19(13)14/h1-9H. The van der Waals surface area contributed by atoms with Gasteiger partial charge in [-0.3, -0.25) is 14.4 Å². The van der Waals surface area contributed by atoms with Gasteiger partial charge in [-0.05, 0) is 12.1 Å². The Hall–Kier alpha value is -2.82. The molecular weight excluding hydrogens is 238 g/mol. The van der Waals surface area contributed by atoms with Gasteiger partial charge in [-0.15, -0.1) is 10.2 Å². The number of benzene rings is 1. The maximum atomic E-state index is 4.36. The van der Waals surface area contributed by atoms with Gasteiger partial charge in [0.15, 0.2) is 11.5 Å². The van der Waals surface area contributed by atoms with Crippen molar-refractivity contribution < 1.29 is 0 Å². The van der Waals surface area contributed by atoms with Crippen LogP contribution in [-0.2, 0) is 0 Å². The fourth-order valence-corrected chi connectivity index (χ4v) is 2.23. The lowest BCUT2D eigenvalue weighted by Crippen LogP contribution is -1.91. The number of aromatic nitrogens is 5. The first-order valence-electron chi connectivity index (χ1n) is 5.92. The van der Waals surface area contributed by atoms with Crippen molar-refractivity contribution in [3.8, 4) is 11.4 Å². The highest BCUT2D eigenvalue weighted by Gasteiger charge is 2.10. The van der Waals surface area contributed by atoms with Gasteiger partial charge < -0.3 is 0 Å². The van der Waals surface area contributed by atoms with Crippen molar-refractivity contribution in [3.63, 3.8) is 0 Å². The largest absolute Gasteiger partial charge is 0.280 e. The molecule has 0 aliphatic rings. The monoisotopic (exact) mass is 247 g/mol. The first-order valence-corrected chi connectivity index (χ1v) is 5.92. The lowest BCUT2D eigenvalue weighted by Gasteiger charge is -2.03. The summed E-state index contributed by atoms with van der Waals surface area (Å²) in [5, 5.41) is 9.46. The summed E-state index contributed by atoms with van der Waals surface area (Å²) < 4.78 is 1.93. The van der Waals surface area contributed by atoms with Crippen LogP contribution in [0.4, 0.5) is 0 Å². The van der Waals surface area contributed by atoms with E-state index < -0.39 is 0 Å². The quantitative estimate of drug-likeness (QED) is 0.518. The van der Waals surface area contributed by atoms with Gasteiger partial charge in [0.05, 0.1) is 11.7 Å². The van der Waals surface area contributed by atoms with Gasteiger partial charge in [0.2, 0.25) is 0 Å². The van der Waals surface area contributed by atoms with E-state index in [9.17, 15) is 0 Å². The zero-order valence-electron chi connectivity index (χ0n) is 9.93. The second-order valence-electron chi connectivity index (χ2n) is 4.20. The maximum Gasteiger partial charge on any atom is 0.179 e. The van der Waals surface area contributed by atoms with E-state index in [4.69, 9.17) is 0 Å². The van der Waals surface area contributed by atoms with Gasteiger partial charge in [0.25, 0.3) is 0 Å². The molecule has 5 heteroatoms. The van der Waals surface area contributed by atoms with Gasteiger partial charge in [-0.2, -0.15) is 0 Å². The average molecular weight is 247 g/mol. The van der Waals surface area contributed by atoms with Crippen LogP contribution in [0.25, 0.3) is 27.9 Å². The van der Waals surface area contributed by atoms with Gasteiger partial charge >= 0.3 is 0 Å². The van der Waals surface area contributed by atoms with Crippen LogP contribution < -0.4 is 0 Å². The van der Waals surface area contributed by atoms with Gasteiger partial charge in [-0.25, -0.2) is 0 Å². The zero-order chi connectivity index (χ0) is 12.7. The Balaban J connectivity index is 2.10. The molecule has 0 saturated carbocycles. The molecule has 3 heterocycles. The van der Waals surface area contributed by atoms with Gasteiger partial charge in [0, 0.05) is 29.5 Å². The third-order valence-electron chi connectivity index (χ3n) is 3.10. The molecule has 0 bridgehead atoms. The number of rotatable bonds is 1. The van der Waals surface area contributed by atoms with Crippen molar-refractivity contribution in [2.75, 3.05) is 0 Å². The predicted molar refractivity (Wildman–Crippen MR) is 71.5 cm³/mol. The highest BCUT2D eigenvalue weighted by molar-refractivity contribution is 5.92. The summed E-state index contributed by atoms with van der Waals surface area (Å²) in [7, 11) is 0. The molecule has 19 heavy (non-hydrogen) atoms. The number of nitrogens with zero attached hydrogens (tertiary/aromatic N) is 5. The van der Waals surface area contributed by atoms with E-state index in [1.165, 1.54) is 0 Å². The molecule has 0 radical (unpaired) electrons. The van der Waals surface area contributed by atoms with E-state index in [-0.39, 0.29) is 0 Å². The summed E-state index contributed by atoms with van der Waals surface area (Å²) in [4.78, 5) is 8.41. The minimum Gasteiger partial charge on any atom is -0.280 e. The fraction of sp³-hybridized carbons (Fsp3) is 0. The Kier molecular flexibility index (Phi) is 2.05. The summed E-state index contributed by atoms with van der Waals surface area (Å²) in [6.45, 7) is 0. The van der Waals surface area contributed by atoms with Gasteiger partial charge in [-0.1, -0.05) is 18.2 Å². The number of pyridine rings is 1. The molecule has 90 valence electrons. The van der Waals surface area contributed by atoms with Gasteiger partial charge in [0.1, 0.15) is 0 Å². The van der Waals surface area contributed by atoms with Crippen LogP contribution in [0.2, 0.25) is 0 Å². The van der Waals surface area contributed by atoms with Crippen molar-refractivity contribution in [3.05, 3.63) is 55.1 Å². The Morgan fingerprint density at radius 1 is 0.947 bits per heavy atom. The molecule has 4 aromatic rings. The molecule has 0 aliphatic heterocycles. The summed E-state index contributed by atoms with van der Waals surface area (Å²) >= 11 is 0. The molecule has 0 fully saturated rings. The van der Waals surface area contributed by atoms with Crippen LogP contribution in [0.5, 0.6) is 0 Å². The van der Waals surface area contributed by atoms with E-state index in [0.29, 0.717) is 0 Å². The topological polar surface area (TPSA) is 56.0 Å². The Bertz CT molecular complexity index is 876. The summed E-state index contributed by atoms with van der Waals surface area (Å²) in [6, 6.07) is 9.96. The Morgan fingerprint density at radius 2 is 1.89 bits per heavy atom. The van der Waals surface area contributed by atoms with Crippen LogP contribution in [0, 0.1) is 0 Å². The van der Waals surface area contributed by atoms with E-state index in [2.05, 4.69) is 20.2 Å². The highest BCUT2D eigenvalue weighted by atomic mass is 15.2. The number of para-hydroxylation sites is 1. The van der Waals surface area contributed by atoms with Crippen LogP contribution in [-0.4, -0.2) is 24.6 Å². The predicted octanol–water partition coefficient (Wildman–Crippen LogP) is 2.34. The fourth-order valence-electron chi connectivity index (χ4n) is 2.23. The number of hydrogen-bond donors (Lipinski definition) is 0. The smallest absolute Gasteiger partial charge is 0.179 e. The van der Waals surface area contributed by atoms with E-state index in [1.54, 1.807) is 18.6 Å². The summed E-state index contributed by atoms with van der Waals surface area (Å²) in [5.41, 5.74) is 2.70. The highest BCUT2D eigenvalue weighted by Crippen LogP contribution is 2.25. The minimum atomic E-state index is 0.735. The second kappa shape index (κ2) is 3.84. The second-order valence-corrected chi connectivity index (χ2v) is 4.20. The molecule has 0 N–H and O–H groups in total. The molecule has 3 aromatic heterocycles. The minimum absolute atomic E-state index is 0.735. The van der Waals surface area contributed by atoms with Crippen LogP contribution in [0.1, 0.15) is 0 Å². The van der Waals surface area contributed by atoms with E-state index >= 15 is 0 Å². The molecule has 0 saturated heterocycles. The van der Waals surface area contributed by atoms with Crippen LogP contribution >= 0.6 is 0 Å². The Labute approximate surface area is 108 Å². The molecule has 0 atom stereocenters. The van der Waals surface area contributed by atoms with Crippen molar-refractivity contribution in [2.24, 2.45) is 0 Å². The van der Waals surface area contributed by atoms with Crippen molar-refractivity contribution in [1.82, 2.24) is 24.6 Å². The first kappa shape index (κ1) is 10.1. The molecule has 5 nitrogen and oxygen atoms in total. The van der Waals surface area contributed by atoms with Crippen molar-refractivity contribution >= 4 is 16.6 Å². The molecule has 1 aromatic carbocycles. The third-order valence-corrected chi connectivity index (χ3v) is 3.10. The van der Waals surface area contributed by atoms with Crippen molar-refractivity contribution in [1.29, 1.82) is 0 Å². The summed E-state index contributed by atoms with van der Waals surface area (Å²) in [5.74, 6) is 0.802. The lowest BCUT2D eigenvalue weighted by molar-refractivity contribution is 1.11. The number of fused-ring (bicyclic) bond motifs is 2. The summed E-state index contributed by atoms with van der Waals surface area (Å²) in [6.07, 6.45) is 7.07. The normalized spacial score (nSPS) is 11.2. The van der Waals surface area contributed by atoms with E-state index in [0.717, 1.165) is 27.9 Å². The Morgan fingerprint density at radius 3 is 2.89 bits per heavy atom. The number of hydrogen-bond acceptors (Lipinski definition) is 4.